The third-order valence-electron chi connectivity index (χ3n) is 31.1. The standard InChI is InChI=1S/C29H35N7O3.C29H38N6O4.C27H37N7O2.C25H33N7O2/c1-29(2)18-36(21-10-5-6-11-21)25-23(35(3)27(29)38)17-32-28(34-25)33-22-13-12-19(15-24(22)39-4)26(37)31-16-20-9-7-8-14-30-20;1-34-22-16-30-27(32-24(22)35(20-7-3-4-8-20)17-28(13-14-28)26(34)38)31-21-10-9-19(15-23(21)39-2)25(37)33-29(18-36)11-5-6-12-29;1-26(2)16-34(18-9-7-8-10-18)23-20(33(5)24(26)35)14-28-25(31-23)30-19-12-11-17(13-21(19)36-6)22-29-15-27(3,4)32-22;1-25(2)15-32(17-7-5-6-8-17)22-19(31(3)23(25)33)14-28-24(30-22)29-18-10-9-16(13-20(18)34-4)21-26-11-12-27-21/h7-9,12-15,17,21H,5-6,10-11,16,18H2,1-4H3,(H,31,37)(H,32,33,34);9-10,15-16,20,36H,3-8,11-14,17-18H2,1-2H3,(H,33,37)(H,30,31,32);11-14,18H,7-10,15-16H2,1-6H3,(H,29,32)(H,28,30,31);9-10,13-14,17H,5-8,11-12,15H2,1-4H3,(H,26,27)(H,28,29,30). The van der Waals surface area contributed by atoms with Crippen molar-refractivity contribution in [2.75, 3.05) is 170 Å². The largest absolute Gasteiger partial charge is 0.495 e. The van der Waals surface area contributed by atoms with E-state index >= 15 is 0 Å². The second-order valence-corrected chi connectivity index (χ2v) is 43.9. The number of benzene rings is 4. The van der Waals surface area contributed by atoms with Crippen LogP contribution in [0.3, 0.4) is 0 Å². The van der Waals surface area contributed by atoms with Crippen molar-refractivity contribution >= 4 is 140 Å². The number of hydrogen-bond donors (Lipinski definition) is 9. The molecule has 38 nitrogen and oxygen atoms in total. The zero-order valence-electron chi connectivity index (χ0n) is 88.3. The van der Waals surface area contributed by atoms with Gasteiger partial charge >= 0.3 is 0 Å². The molecule has 4 aromatic carbocycles. The van der Waals surface area contributed by atoms with Crippen molar-refractivity contribution < 1.29 is 52.8 Å². The number of fused-ring (bicyclic) bond motifs is 4. The number of carbonyl (C=O) groups is 6. The van der Waals surface area contributed by atoms with Gasteiger partial charge in [0.1, 0.15) is 57.4 Å². The molecule has 784 valence electrons. The van der Waals surface area contributed by atoms with Crippen molar-refractivity contribution in [3.8, 4) is 23.0 Å². The molecule has 9 N–H and O–H groups in total. The molecule has 11 heterocycles. The summed E-state index contributed by atoms with van der Waals surface area (Å²) in [5.74, 6) is 8.92. The summed E-state index contributed by atoms with van der Waals surface area (Å²) in [7, 11) is 13.7. The van der Waals surface area contributed by atoms with Crippen LogP contribution in [0.15, 0.2) is 132 Å². The molecule has 21 rings (SSSR count). The summed E-state index contributed by atoms with van der Waals surface area (Å²) in [5, 5.41) is 35.8. The summed E-state index contributed by atoms with van der Waals surface area (Å²) in [4.78, 5) is 146. The molecule has 6 amide bonds. The van der Waals surface area contributed by atoms with Crippen molar-refractivity contribution in [2.24, 2.45) is 31.6 Å². The zero-order valence-corrected chi connectivity index (χ0v) is 88.3. The predicted molar refractivity (Wildman–Crippen MR) is 577 cm³/mol. The number of aliphatic hydroxyl groups is 1. The van der Waals surface area contributed by atoms with Crippen LogP contribution in [0.25, 0.3) is 0 Å². The van der Waals surface area contributed by atoms with Crippen LogP contribution in [0, 0.1) is 21.7 Å². The number of methoxy groups -OCH3 is 4. The summed E-state index contributed by atoms with van der Waals surface area (Å²) < 4.78 is 22.6. The quantitative estimate of drug-likeness (QED) is 0.0271. The van der Waals surface area contributed by atoms with E-state index in [0.717, 1.165) is 190 Å². The molecular formula is C110H143N27O11. The summed E-state index contributed by atoms with van der Waals surface area (Å²) in [6.45, 7) is 21.5. The lowest BCUT2D eigenvalue weighted by molar-refractivity contribution is -0.126. The van der Waals surface area contributed by atoms with Gasteiger partial charge in [0.2, 0.25) is 47.4 Å². The number of nitrogens with one attached hydrogen (secondary N) is 8. The first-order chi connectivity index (χ1) is 71.1. The van der Waals surface area contributed by atoms with Gasteiger partial charge in [-0.3, -0.25) is 43.7 Å². The molecule has 5 aromatic heterocycles. The normalized spacial score (nSPS) is 19.9. The third kappa shape index (κ3) is 22.1. The molecular weight excluding hydrogens is 1880 g/mol. The smallest absolute Gasteiger partial charge is 0.251 e. The molecule has 38 heteroatoms. The van der Waals surface area contributed by atoms with E-state index < -0.39 is 21.8 Å². The maximum Gasteiger partial charge on any atom is 0.251 e. The van der Waals surface area contributed by atoms with Crippen LogP contribution in [0.1, 0.15) is 234 Å². The average Bonchev–Trinajstić information content (AvgIpc) is 1.57. The van der Waals surface area contributed by atoms with Gasteiger partial charge in [0.05, 0.1) is 141 Å². The molecule has 6 saturated carbocycles. The number of aliphatic imine (C=N–C) groups is 2. The fraction of sp³-hybridized carbons (Fsp3) is 0.518. The highest BCUT2D eigenvalue weighted by Crippen LogP contribution is 2.54. The summed E-state index contributed by atoms with van der Waals surface area (Å²) in [6.07, 6.45) is 32.4. The summed E-state index contributed by atoms with van der Waals surface area (Å²) in [6, 6.07) is 29.3. The molecule has 9 aromatic rings. The van der Waals surface area contributed by atoms with E-state index in [2.05, 4.69) is 111 Å². The lowest BCUT2D eigenvalue weighted by atomic mass is 9.91. The maximum atomic E-state index is 13.3. The van der Waals surface area contributed by atoms with Crippen LogP contribution in [0.2, 0.25) is 0 Å². The van der Waals surface area contributed by atoms with Crippen LogP contribution in [0.5, 0.6) is 23.0 Å². The zero-order chi connectivity index (χ0) is 104. The van der Waals surface area contributed by atoms with E-state index in [-0.39, 0.29) is 53.0 Å². The van der Waals surface area contributed by atoms with Crippen molar-refractivity contribution in [3.63, 3.8) is 0 Å². The minimum absolute atomic E-state index is 0.0483. The molecule has 0 radical (unpaired) electrons. The minimum Gasteiger partial charge on any atom is -0.495 e. The first kappa shape index (κ1) is 104. The molecule has 0 unspecified atom stereocenters. The van der Waals surface area contributed by atoms with Gasteiger partial charge < -0.3 is 106 Å². The highest BCUT2D eigenvalue weighted by Gasteiger charge is 2.56. The maximum absolute atomic E-state index is 13.3. The van der Waals surface area contributed by atoms with E-state index in [9.17, 15) is 33.9 Å². The first-order valence-corrected chi connectivity index (χ1v) is 52.3. The average molecular weight is 2020 g/mol. The number of aliphatic hydroxyl groups excluding tert-OH is 1. The Balaban J connectivity index is 0.000000129. The van der Waals surface area contributed by atoms with Gasteiger partial charge in [-0.05, 0) is 217 Å². The number of ether oxygens (including phenoxy) is 4. The number of nitrogens with zero attached hydrogens (tertiary/aromatic N) is 19. The molecule has 0 bridgehead atoms. The highest BCUT2D eigenvalue weighted by atomic mass is 16.5. The molecule has 0 atom stereocenters. The van der Waals surface area contributed by atoms with Crippen LogP contribution < -0.4 is 101 Å². The highest BCUT2D eigenvalue weighted by molar-refractivity contribution is 6.06. The molecule has 6 aliphatic carbocycles. The Morgan fingerprint density at radius 1 is 0.419 bits per heavy atom. The number of amidine groups is 2. The van der Waals surface area contributed by atoms with E-state index in [1.807, 2.05) is 117 Å². The van der Waals surface area contributed by atoms with Gasteiger partial charge in [-0.1, -0.05) is 70.3 Å². The van der Waals surface area contributed by atoms with Gasteiger partial charge in [-0.2, -0.15) is 19.9 Å². The van der Waals surface area contributed by atoms with E-state index in [1.54, 1.807) is 122 Å². The molecule has 12 aliphatic rings. The third-order valence-corrected chi connectivity index (χ3v) is 31.1. The number of hydrogen-bond acceptors (Lipinski definition) is 32. The molecule has 0 saturated heterocycles. The number of pyridine rings is 1. The first-order valence-electron chi connectivity index (χ1n) is 52.3. The fourth-order valence-electron chi connectivity index (χ4n) is 22.6. The summed E-state index contributed by atoms with van der Waals surface area (Å²) >= 11 is 0. The SMILES string of the molecule is COc1cc(C(=O)NC2(CO)CCCC2)ccc1Nc1ncc2c(n1)N(C1CCCC1)CC1(CC1)C(=O)N2C.COc1cc(C(=O)NCc2ccccn2)ccc1Nc1ncc2c(n1)N(C1CCCC1)CC(C)(C)C(=O)N2C.COc1cc(C2=NCC(C)(C)N2)ccc1Nc1ncc2c(n1)N(C1CCCC1)CC(C)(C)C(=O)N2C.COc1cc(C2=NCCN2)ccc1Nc1ncc2c(n1)N(C1CCCC1)CC(C)(C)C(=O)N2C. The number of anilines is 16. The Bertz CT molecular complexity index is 6480. The number of rotatable bonds is 24. The van der Waals surface area contributed by atoms with Gasteiger partial charge in [-0.15, -0.1) is 0 Å². The molecule has 6 aliphatic heterocycles. The van der Waals surface area contributed by atoms with Gasteiger partial charge in [-0.25, -0.2) is 19.9 Å². The second-order valence-electron chi connectivity index (χ2n) is 43.9. The summed E-state index contributed by atoms with van der Waals surface area (Å²) in [5.41, 5.74) is 6.92. The lowest BCUT2D eigenvalue weighted by Gasteiger charge is -2.34. The Hall–Kier alpha value is -14.3. The Labute approximate surface area is 866 Å². The molecule has 1 spiro atoms. The van der Waals surface area contributed by atoms with E-state index in [4.69, 9.17) is 38.9 Å². The number of carbonyl (C=O) groups excluding carboxylic acids is 6. The minimum atomic E-state index is -0.554. The Morgan fingerprint density at radius 2 is 0.784 bits per heavy atom. The Morgan fingerprint density at radius 3 is 1.13 bits per heavy atom. The number of aromatic nitrogens is 9. The van der Waals surface area contributed by atoms with Crippen molar-refractivity contribution in [3.05, 3.63) is 150 Å². The second kappa shape index (κ2) is 43.2. The van der Waals surface area contributed by atoms with Crippen molar-refractivity contribution in [1.82, 2.24) is 66.1 Å². The van der Waals surface area contributed by atoms with Crippen LogP contribution in [-0.2, 0) is 25.7 Å². The van der Waals surface area contributed by atoms with Gasteiger partial charge in [0, 0.05) is 114 Å². The van der Waals surface area contributed by atoms with Crippen molar-refractivity contribution in [2.45, 2.75) is 238 Å². The lowest BCUT2D eigenvalue weighted by Crippen LogP contribution is -2.49. The van der Waals surface area contributed by atoms with Crippen LogP contribution in [-0.4, -0.2) is 241 Å². The topological polar surface area (TPSA) is 422 Å². The number of amides is 6. The van der Waals surface area contributed by atoms with E-state index in [1.165, 1.54) is 51.4 Å². The molecule has 6 fully saturated rings. The predicted octanol–water partition coefficient (Wildman–Crippen LogP) is 15.5. The molecule has 148 heavy (non-hydrogen) atoms. The Kier molecular flexibility index (Phi) is 30.3. The van der Waals surface area contributed by atoms with Gasteiger partial charge in [0.15, 0.2) is 23.3 Å². The van der Waals surface area contributed by atoms with Crippen LogP contribution >= 0.6 is 0 Å². The van der Waals surface area contributed by atoms with Gasteiger partial charge in [0.25, 0.3) is 11.8 Å². The van der Waals surface area contributed by atoms with Crippen LogP contribution in [0.4, 0.5) is 92.6 Å². The van der Waals surface area contributed by atoms with E-state index in [0.29, 0.717) is 132 Å². The fourth-order valence-corrected chi connectivity index (χ4v) is 22.6. The van der Waals surface area contributed by atoms with Crippen molar-refractivity contribution in [1.29, 1.82) is 0 Å². The monoisotopic (exact) mass is 2020 g/mol.